The zero-order valence-electron chi connectivity index (χ0n) is 54.9. The van der Waals surface area contributed by atoms with E-state index in [1.54, 1.807) is 0 Å². The summed E-state index contributed by atoms with van der Waals surface area (Å²) in [5, 5.41) is 0. The molecule has 0 aromatic heterocycles. The molecule has 478 valence electrons. The van der Waals surface area contributed by atoms with E-state index in [9.17, 15) is 14.4 Å². The van der Waals surface area contributed by atoms with Crippen LogP contribution in [0.3, 0.4) is 0 Å². The van der Waals surface area contributed by atoms with E-state index >= 15 is 0 Å². The smallest absolute Gasteiger partial charge is 0.306 e. The van der Waals surface area contributed by atoms with Crippen molar-refractivity contribution in [3.8, 4) is 0 Å². The van der Waals surface area contributed by atoms with Crippen LogP contribution in [-0.2, 0) is 28.6 Å². The first-order chi connectivity index (χ1) is 41.0. The number of carbonyl (C=O) groups excluding carboxylic acids is 3. The van der Waals surface area contributed by atoms with Crippen molar-refractivity contribution in [1.82, 2.24) is 0 Å². The number of hydrogen-bond acceptors (Lipinski definition) is 6. The van der Waals surface area contributed by atoms with Gasteiger partial charge < -0.3 is 14.2 Å². The van der Waals surface area contributed by atoms with Crippen LogP contribution in [0.15, 0.2) is 97.2 Å². The van der Waals surface area contributed by atoms with Gasteiger partial charge in [-0.3, -0.25) is 14.4 Å². The molecule has 0 spiro atoms. The largest absolute Gasteiger partial charge is 0.462 e. The van der Waals surface area contributed by atoms with Crippen molar-refractivity contribution < 1.29 is 28.6 Å². The topological polar surface area (TPSA) is 78.9 Å². The molecule has 1 atom stereocenters. The zero-order chi connectivity index (χ0) is 59.9. The molecule has 0 fully saturated rings. The number of hydrogen-bond donors (Lipinski definition) is 0. The minimum absolute atomic E-state index is 0.0836. The summed E-state index contributed by atoms with van der Waals surface area (Å²) in [4.78, 5) is 38.5. The summed E-state index contributed by atoms with van der Waals surface area (Å²) in [7, 11) is 0. The number of esters is 3. The van der Waals surface area contributed by atoms with Gasteiger partial charge in [0.15, 0.2) is 6.10 Å². The molecule has 0 rings (SSSR count). The fourth-order valence-corrected chi connectivity index (χ4v) is 10.2. The molecular weight excluding hydrogens is 1020 g/mol. The predicted molar refractivity (Wildman–Crippen MR) is 362 cm³/mol. The molecule has 6 heteroatoms. The van der Waals surface area contributed by atoms with Gasteiger partial charge in [-0.25, -0.2) is 0 Å². The van der Waals surface area contributed by atoms with E-state index in [0.29, 0.717) is 19.3 Å². The van der Waals surface area contributed by atoms with Gasteiger partial charge in [-0.05, 0) is 122 Å². The Morgan fingerprint density at radius 1 is 0.253 bits per heavy atom. The highest BCUT2D eigenvalue weighted by molar-refractivity contribution is 5.71. The molecule has 0 amide bonds. The number of rotatable bonds is 65. The van der Waals surface area contributed by atoms with Gasteiger partial charge >= 0.3 is 17.9 Å². The lowest BCUT2D eigenvalue weighted by molar-refractivity contribution is -0.167. The molecule has 0 N–H and O–H groups in total. The maximum absolute atomic E-state index is 13.0. The molecule has 6 nitrogen and oxygen atoms in total. The van der Waals surface area contributed by atoms with E-state index in [4.69, 9.17) is 14.2 Å². The Hall–Kier alpha value is -3.67. The van der Waals surface area contributed by atoms with Crippen LogP contribution in [-0.4, -0.2) is 37.2 Å². The molecule has 0 aliphatic carbocycles. The van der Waals surface area contributed by atoms with Gasteiger partial charge in [0.2, 0.25) is 0 Å². The van der Waals surface area contributed by atoms with Crippen LogP contribution >= 0.6 is 0 Å². The highest BCUT2D eigenvalue weighted by atomic mass is 16.6. The SMILES string of the molecule is CC/C=C\C/C=C\C/C=C\CCCCCCCC(=O)OCC(COC(=O)CCCCCCCCCCCCCCCC/C=C\C/C=C\C/C=C\CCCCCCC)OC(=O)CCCCCCCCCCC/C=C\C/C=C\CCCCCCC. The molecule has 83 heavy (non-hydrogen) atoms. The first kappa shape index (κ1) is 79.3. The van der Waals surface area contributed by atoms with Gasteiger partial charge in [-0.2, -0.15) is 0 Å². The predicted octanol–water partition coefficient (Wildman–Crippen LogP) is 24.8. The Kier molecular flexibility index (Phi) is 67.7. The van der Waals surface area contributed by atoms with Crippen LogP contribution in [0, 0.1) is 0 Å². The molecule has 1 unspecified atom stereocenters. The first-order valence-electron chi connectivity index (χ1n) is 35.7. The second-order valence-electron chi connectivity index (χ2n) is 23.8. The Balaban J connectivity index is 4.30. The van der Waals surface area contributed by atoms with E-state index in [1.807, 2.05) is 0 Å². The summed E-state index contributed by atoms with van der Waals surface area (Å²) < 4.78 is 17.0. The summed E-state index contributed by atoms with van der Waals surface area (Å²) in [5.41, 5.74) is 0. The van der Waals surface area contributed by atoms with Crippen molar-refractivity contribution in [3.05, 3.63) is 97.2 Å². The van der Waals surface area contributed by atoms with E-state index < -0.39 is 6.10 Å². The van der Waals surface area contributed by atoms with E-state index in [1.165, 1.54) is 199 Å². The fraction of sp³-hybridized carbons (Fsp3) is 0.753. The molecule has 0 aliphatic rings. The fourth-order valence-electron chi connectivity index (χ4n) is 10.2. The Bertz CT molecular complexity index is 1610. The molecule has 0 bridgehead atoms. The molecule has 0 aromatic carbocycles. The highest BCUT2D eigenvalue weighted by Crippen LogP contribution is 2.17. The van der Waals surface area contributed by atoms with Crippen molar-refractivity contribution in [2.45, 2.75) is 361 Å². The lowest BCUT2D eigenvalue weighted by Crippen LogP contribution is -2.30. The van der Waals surface area contributed by atoms with Gasteiger partial charge in [0.25, 0.3) is 0 Å². The molecule has 0 saturated carbocycles. The second-order valence-corrected chi connectivity index (χ2v) is 23.8. The third-order valence-corrected chi connectivity index (χ3v) is 15.5. The van der Waals surface area contributed by atoms with Crippen LogP contribution in [0.5, 0.6) is 0 Å². The molecule has 0 radical (unpaired) electrons. The molecular formula is C77H134O6. The van der Waals surface area contributed by atoms with E-state index in [2.05, 4.69) is 118 Å². The van der Waals surface area contributed by atoms with Gasteiger partial charge in [0, 0.05) is 19.3 Å². The van der Waals surface area contributed by atoms with Gasteiger partial charge in [0.1, 0.15) is 13.2 Å². The van der Waals surface area contributed by atoms with Gasteiger partial charge in [0.05, 0.1) is 0 Å². The average Bonchev–Trinajstić information content (AvgIpc) is 3.49. The Morgan fingerprint density at radius 3 is 0.735 bits per heavy atom. The van der Waals surface area contributed by atoms with Crippen molar-refractivity contribution in [2.75, 3.05) is 13.2 Å². The average molecular weight is 1160 g/mol. The summed E-state index contributed by atoms with van der Waals surface area (Å²) in [6.45, 7) is 6.53. The van der Waals surface area contributed by atoms with Crippen LogP contribution in [0.25, 0.3) is 0 Å². The highest BCUT2D eigenvalue weighted by Gasteiger charge is 2.19. The van der Waals surface area contributed by atoms with Crippen LogP contribution in [0.4, 0.5) is 0 Å². The lowest BCUT2D eigenvalue weighted by Gasteiger charge is -2.18. The normalized spacial score (nSPS) is 12.7. The van der Waals surface area contributed by atoms with Crippen molar-refractivity contribution >= 4 is 17.9 Å². The standard InChI is InChI=1S/C77H134O6/c1-4-7-10-13-16-19-22-25-28-30-32-34-35-36-37-38-39-40-41-43-44-46-49-52-55-58-61-64-67-70-76(79)82-73-74(72-81-75(78)69-66-63-60-57-54-51-48-27-24-21-18-15-12-9-6-3)83-77(80)71-68-65-62-59-56-53-50-47-45-42-33-31-29-26-23-20-17-14-11-8-5-2/h9,12,18,21-23,25-27,30-33,35-36,48,74H,4-8,10-11,13-17,19-20,24,28-29,34,37-47,49-73H2,1-3H3/b12-9-,21-18-,25-22-,26-23-,32-30-,33-31-,36-35-,48-27-. The van der Waals surface area contributed by atoms with Crippen molar-refractivity contribution in [3.63, 3.8) is 0 Å². The minimum Gasteiger partial charge on any atom is -0.462 e. The Morgan fingerprint density at radius 2 is 0.470 bits per heavy atom. The van der Waals surface area contributed by atoms with Gasteiger partial charge in [-0.15, -0.1) is 0 Å². The van der Waals surface area contributed by atoms with Crippen molar-refractivity contribution in [2.24, 2.45) is 0 Å². The third-order valence-electron chi connectivity index (χ3n) is 15.5. The molecule has 0 heterocycles. The van der Waals surface area contributed by atoms with Crippen LogP contribution < -0.4 is 0 Å². The number of carbonyl (C=O) groups is 3. The Labute approximate surface area is 515 Å². The molecule has 0 aliphatic heterocycles. The monoisotopic (exact) mass is 1160 g/mol. The van der Waals surface area contributed by atoms with Gasteiger partial charge in [-0.1, -0.05) is 311 Å². The van der Waals surface area contributed by atoms with Crippen LogP contribution in [0.1, 0.15) is 355 Å². The van der Waals surface area contributed by atoms with Crippen LogP contribution in [0.2, 0.25) is 0 Å². The summed E-state index contributed by atoms with van der Waals surface area (Å²) in [6, 6.07) is 0. The quantitative estimate of drug-likeness (QED) is 0.0261. The summed E-state index contributed by atoms with van der Waals surface area (Å²) in [6.07, 6.45) is 95.8. The van der Waals surface area contributed by atoms with Crippen molar-refractivity contribution in [1.29, 1.82) is 0 Å². The number of allylic oxidation sites excluding steroid dienone is 16. The lowest BCUT2D eigenvalue weighted by atomic mass is 10.0. The maximum Gasteiger partial charge on any atom is 0.306 e. The van der Waals surface area contributed by atoms with E-state index in [0.717, 1.165) is 116 Å². The molecule has 0 aromatic rings. The summed E-state index contributed by atoms with van der Waals surface area (Å²) >= 11 is 0. The first-order valence-corrected chi connectivity index (χ1v) is 35.7. The minimum atomic E-state index is -0.790. The molecule has 0 saturated heterocycles. The maximum atomic E-state index is 13.0. The number of ether oxygens (including phenoxy) is 3. The summed E-state index contributed by atoms with van der Waals surface area (Å²) in [5.74, 6) is -0.891. The second kappa shape index (κ2) is 70.8. The number of unbranched alkanes of at least 4 members (excludes halogenated alkanes) is 38. The van der Waals surface area contributed by atoms with E-state index in [-0.39, 0.29) is 31.1 Å². The third kappa shape index (κ3) is 69.0. The zero-order valence-corrected chi connectivity index (χ0v) is 54.9.